The summed E-state index contributed by atoms with van der Waals surface area (Å²) < 4.78 is 5.25. The van der Waals surface area contributed by atoms with Gasteiger partial charge in [0, 0.05) is 18.7 Å². The van der Waals surface area contributed by atoms with Crippen molar-refractivity contribution in [3.63, 3.8) is 0 Å². The lowest BCUT2D eigenvalue weighted by Crippen LogP contribution is -2.45. The van der Waals surface area contributed by atoms with Gasteiger partial charge < -0.3 is 9.84 Å². The van der Waals surface area contributed by atoms with E-state index < -0.39 is 0 Å². The molecule has 1 unspecified atom stereocenters. The standard InChI is InChI=1S/C12H21N3O/c1-3-13-11-5-4-6-15(8-11)9-12-7-10(2)14-16-12/h7,11,13H,3-6,8-9H2,1-2H3. The lowest BCUT2D eigenvalue weighted by molar-refractivity contribution is 0.168. The molecule has 90 valence electrons. The number of likely N-dealkylation sites (N-methyl/N-ethyl adjacent to an activating group) is 1. The number of aryl methyl sites for hydroxylation is 1. The Morgan fingerprint density at radius 2 is 2.50 bits per heavy atom. The van der Waals surface area contributed by atoms with Crippen LogP contribution in [-0.4, -0.2) is 35.7 Å². The van der Waals surface area contributed by atoms with Crippen LogP contribution in [0.4, 0.5) is 0 Å². The Bertz CT molecular complexity index is 322. The van der Waals surface area contributed by atoms with Gasteiger partial charge in [0.2, 0.25) is 0 Å². The van der Waals surface area contributed by atoms with E-state index in [1.165, 1.54) is 19.4 Å². The molecule has 1 aromatic heterocycles. The Labute approximate surface area is 97.0 Å². The molecule has 0 aromatic carbocycles. The maximum absolute atomic E-state index is 5.25. The highest BCUT2D eigenvalue weighted by molar-refractivity contribution is 5.03. The fraction of sp³-hybridized carbons (Fsp3) is 0.750. The maximum atomic E-state index is 5.25. The molecule has 4 nitrogen and oxygen atoms in total. The average Bonchev–Trinajstić information content (AvgIpc) is 2.65. The number of nitrogens with zero attached hydrogens (tertiary/aromatic N) is 2. The van der Waals surface area contributed by atoms with Gasteiger partial charge in [0.05, 0.1) is 12.2 Å². The van der Waals surface area contributed by atoms with Crippen LogP contribution >= 0.6 is 0 Å². The van der Waals surface area contributed by atoms with Gasteiger partial charge >= 0.3 is 0 Å². The molecule has 2 heterocycles. The number of piperidine rings is 1. The van der Waals surface area contributed by atoms with E-state index in [9.17, 15) is 0 Å². The van der Waals surface area contributed by atoms with Gasteiger partial charge in [0.15, 0.2) is 5.76 Å². The average molecular weight is 223 g/mol. The predicted molar refractivity (Wildman–Crippen MR) is 63.2 cm³/mol. The van der Waals surface area contributed by atoms with Gasteiger partial charge in [-0.05, 0) is 32.9 Å². The van der Waals surface area contributed by atoms with E-state index in [0.29, 0.717) is 6.04 Å². The van der Waals surface area contributed by atoms with Crippen LogP contribution in [0, 0.1) is 6.92 Å². The lowest BCUT2D eigenvalue weighted by Gasteiger charge is -2.32. The summed E-state index contributed by atoms with van der Waals surface area (Å²) in [6.45, 7) is 8.36. The molecule has 0 bridgehead atoms. The molecule has 16 heavy (non-hydrogen) atoms. The van der Waals surface area contributed by atoms with Gasteiger partial charge in [-0.2, -0.15) is 0 Å². The molecule has 1 saturated heterocycles. The van der Waals surface area contributed by atoms with Crippen molar-refractivity contribution in [2.24, 2.45) is 0 Å². The molecule has 0 amide bonds. The van der Waals surface area contributed by atoms with Crippen molar-refractivity contribution in [3.8, 4) is 0 Å². The second kappa shape index (κ2) is 5.46. The van der Waals surface area contributed by atoms with Crippen LogP contribution in [0.3, 0.4) is 0 Å². The molecule has 1 aromatic rings. The zero-order valence-corrected chi connectivity index (χ0v) is 10.2. The molecule has 1 atom stereocenters. The van der Waals surface area contributed by atoms with Crippen LogP contribution in [0.15, 0.2) is 10.6 Å². The summed E-state index contributed by atoms with van der Waals surface area (Å²) in [4.78, 5) is 2.44. The molecular formula is C12H21N3O. The summed E-state index contributed by atoms with van der Waals surface area (Å²) in [5.74, 6) is 0.981. The van der Waals surface area contributed by atoms with Crippen LogP contribution in [0.1, 0.15) is 31.2 Å². The van der Waals surface area contributed by atoms with Crippen molar-refractivity contribution in [1.82, 2.24) is 15.4 Å². The Kier molecular flexibility index (Phi) is 3.96. The van der Waals surface area contributed by atoms with Gasteiger partial charge in [-0.1, -0.05) is 12.1 Å². The third kappa shape index (κ3) is 3.06. The minimum atomic E-state index is 0.641. The highest BCUT2D eigenvalue weighted by atomic mass is 16.5. The second-order valence-electron chi connectivity index (χ2n) is 4.57. The van der Waals surface area contributed by atoms with Gasteiger partial charge in [0.25, 0.3) is 0 Å². The number of nitrogens with one attached hydrogen (secondary N) is 1. The molecule has 1 aliphatic rings. The van der Waals surface area contributed by atoms with Gasteiger partial charge in [-0.25, -0.2) is 0 Å². The normalized spacial score (nSPS) is 22.5. The molecule has 1 N–H and O–H groups in total. The van der Waals surface area contributed by atoms with Crippen molar-refractivity contribution in [2.75, 3.05) is 19.6 Å². The maximum Gasteiger partial charge on any atom is 0.150 e. The third-order valence-corrected chi connectivity index (χ3v) is 3.05. The smallest absolute Gasteiger partial charge is 0.150 e. The number of rotatable bonds is 4. The minimum absolute atomic E-state index is 0.641. The lowest BCUT2D eigenvalue weighted by atomic mass is 10.1. The van der Waals surface area contributed by atoms with Crippen LogP contribution < -0.4 is 5.32 Å². The van der Waals surface area contributed by atoms with Crippen molar-refractivity contribution in [2.45, 2.75) is 39.3 Å². The second-order valence-corrected chi connectivity index (χ2v) is 4.57. The SMILES string of the molecule is CCNC1CCCN(Cc2cc(C)no2)C1. The zero-order valence-electron chi connectivity index (χ0n) is 10.2. The molecule has 4 heteroatoms. The summed E-state index contributed by atoms with van der Waals surface area (Å²) in [7, 11) is 0. The molecule has 1 aliphatic heterocycles. The van der Waals surface area contributed by atoms with Crippen molar-refractivity contribution >= 4 is 0 Å². The molecule has 2 rings (SSSR count). The largest absolute Gasteiger partial charge is 0.360 e. The molecule has 1 fully saturated rings. The molecule has 0 radical (unpaired) electrons. The topological polar surface area (TPSA) is 41.3 Å². The Hall–Kier alpha value is -0.870. The first-order valence-electron chi connectivity index (χ1n) is 6.16. The van der Waals surface area contributed by atoms with Crippen LogP contribution in [-0.2, 0) is 6.54 Å². The van der Waals surface area contributed by atoms with E-state index in [2.05, 4.69) is 22.3 Å². The fourth-order valence-corrected chi connectivity index (χ4v) is 2.37. The van der Waals surface area contributed by atoms with Gasteiger partial charge in [-0.3, -0.25) is 4.90 Å². The summed E-state index contributed by atoms with van der Waals surface area (Å²) >= 11 is 0. The van der Waals surface area contributed by atoms with Crippen molar-refractivity contribution in [1.29, 1.82) is 0 Å². The Balaban J connectivity index is 1.85. The summed E-state index contributed by atoms with van der Waals surface area (Å²) in [5, 5.41) is 7.44. The number of likely N-dealkylation sites (tertiary alicyclic amines) is 1. The van der Waals surface area contributed by atoms with E-state index in [1.54, 1.807) is 0 Å². The van der Waals surface area contributed by atoms with E-state index in [1.807, 2.05) is 13.0 Å². The first kappa shape index (κ1) is 11.6. The summed E-state index contributed by atoms with van der Waals surface area (Å²) in [6.07, 6.45) is 2.56. The quantitative estimate of drug-likeness (QED) is 0.841. The number of hydrogen-bond acceptors (Lipinski definition) is 4. The molecule has 0 aliphatic carbocycles. The van der Waals surface area contributed by atoms with Gasteiger partial charge in [0.1, 0.15) is 0 Å². The van der Waals surface area contributed by atoms with Gasteiger partial charge in [-0.15, -0.1) is 0 Å². The van der Waals surface area contributed by atoms with E-state index in [-0.39, 0.29) is 0 Å². The predicted octanol–water partition coefficient (Wildman–Crippen LogP) is 1.56. The highest BCUT2D eigenvalue weighted by Crippen LogP contribution is 2.14. The first-order chi connectivity index (χ1) is 7.78. The van der Waals surface area contributed by atoms with Crippen LogP contribution in [0.25, 0.3) is 0 Å². The van der Waals surface area contributed by atoms with Crippen LogP contribution in [0.2, 0.25) is 0 Å². The summed E-state index contributed by atoms with van der Waals surface area (Å²) in [6, 6.07) is 2.67. The number of aromatic nitrogens is 1. The Morgan fingerprint density at radius 1 is 1.62 bits per heavy atom. The van der Waals surface area contributed by atoms with E-state index in [4.69, 9.17) is 4.52 Å². The van der Waals surface area contributed by atoms with Crippen LogP contribution in [0.5, 0.6) is 0 Å². The van der Waals surface area contributed by atoms with Crippen molar-refractivity contribution < 1.29 is 4.52 Å². The summed E-state index contributed by atoms with van der Waals surface area (Å²) in [5.41, 5.74) is 0.968. The minimum Gasteiger partial charge on any atom is -0.360 e. The molecule has 0 spiro atoms. The molecular weight excluding hydrogens is 202 g/mol. The Morgan fingerprint density at radius 3 is 3.19 bits per heavy atom. The number of hydrogen-bond donors (Lipinski definition) is 1. The third-order valence-electron chi connectivity index (χ3n) is 3.05. The monoisotopic (exact) mass is 223 g/mol. The van der Waals surface area contributed by atoms with E-state index in [0.717, 1.165) is 31.1 Å². The fourth-order valence-electron chi connectivity index (χ4n) is 2.37. The highest BCUT2D eigenvalue weighted by Gasteiger charge is 2.19. The van der Waals surface area contributed by atoms with Crippen molar-refractivity contribution in [3.05, 3.63) is 17.5 Å². The molecule has 0 saturated carbocycles. The first-order valence-corrected chi connectivity index (χ1v) is 6.16. The zero-order chi connectivity index (χ0) is 11.4. The van der Waals surface area contributed by atoms with E-state index >= 15 is 0 Å².